The van der Waals surface area contributed by atoms with E-state index in [9.17, 15) is 13.6 Å². The van der Waals surface area contributed by atoms with Gasteiger partial charge in [0.2, 0.25) is 0 Å². The summed E-state index contributed by atoms with van der Waals surface area (Å²) in [6.07, 6.45) is 0. The van der Waals surface area contributed by atoms with Gasteiger partial charge in [0, 0.05) is 33.2 Å². The average molecular weight is 402 g/mol. The number of morpholine rings is 1. The van der Waals surface area contributed by atoms with E-state index in [-0.39, 0.29) is 11.6 Å². The Labute approximate surface area is 159 Å². The van der Waals surface area contributed by atoms with Crippen LogP contribution in [0.3, 0.4) is 0 Å². The normalized spacial score (nSPS) is 16.0. The van der Waals surface area contributed by atoms with Crippen LogP contribution in [0.2, 0.25) is 0 Å². The molecule has 3 rings (SSSR count). The first-order valence-electron chi connectivity index (χ1n) is 8.18. The number of halogens is 2. The molecule has 1 aliphatic heterocycles. The number of carbonyl (C=O) groups is 1. The lowest BCUT2D eigenvalue weighted by molar-refractivity contribution is 0.0383. The van der Waals surface area contributed by atoms with Crippen molar-refractivity contribution in [2.45, 2.75) is 5.25 Å². The molecule has 1 aliphatic rings. The summed E-state index contributed by atoms with van der Waals surface area (Å²) < 4.78 is 33.2. The van der Waals surface area contributed by atoms with Gasteiger partial charge in [-0.2, -0.15) is 13.9 Å². The quantitative estimate of drug-likeness (QED) is 0.728. The van der Waals surface area contributed by atoms with Crippen molar-refractivity contribution in [3.8, 4) is 10.6 Å². The molecule has 3 heterocycles. The summed E-state index contributed by atoms with van der Waals surface area (Å²) in [5.41, 5.74) is 0.106. The summed E-state index contributed by atoms with van der Waals surface area (Å²) in [5, 5.41) is 3.71. The van der Waals surface area contributed by atoms with Crippen LogP contribution >= 0.6 is 24.0 Å². The lowest BCUT2D eigenvalue weighted by Crippen LogP contribution is -2.41. The van der Waals surface area contributed by atoms with Gasteiger partial charge in [-0.25, -0.2) is 0 Å². The van der Waals surface area contributed by atoms with E-state index in [4.69, 9.17) is 4.74 Å². The molecule has 0 aliphatic carbocycles. The third kappa shape index (κ3) is 4.61. The van der Waals surface area contributed by atoms with Gasteiger partial charge in [0.15, 0.2) is 0 Å². The second kappa shape index (κ2) is 8.03. The van der Waals surface area contributed by atoms with Crippen molar-refractivity contribution < 1.29 is 18.3 Å². The first kappa shape index (κ1) is 19.3. The molecule has 0 saturated carbocycles. The fourth-order valence-electron chi connectivity index (χ4n) is 2.71. The monoisotopic (exact) mass is 402 g/mol. The lowest BCUT2D eigenvalue weighted by atomic mass is 10.3. The van der Waals surface area contributed by atoms with Crippen molar-refractivity contribution in [2.75, 3.05) is 39.4 Å². The lowest BCUT2D eigenvalue weighted by Gasteiger charge is -2.26. The number of amides is 1. The maximum atomic E-state index is 13.4. The van der Waals surface area contributed by atoms with E-state index < -0.39 is 5.25 Å². The molecule has 1 amide bonds. The van der Waals surface area contributed by atoms with E-state index in [1.54, 1.807) is 12.1 Å². The van der Waals surface area contributed by atoms with Crippen LogP contribution in [-0.2, 0) is 17.0 Å². The molecule has 142 valence electrons. The minimum absolute atomic E-state index is 0.176. The summed E-state index contributed by atoms with van der Waals surface area (Å²) >= 11 is 4.51. The number of hydrogen-bond donors (Lipinski definition) is 2. The average Bonchev–Trinajstić information content (AvgIpc) is 3.22. The van der Waals surface area contributed by atoms with Crippen LogP contribution in [0.1, 0.15) is 15.4 Å². The number of aryl methyl sites for hydroxylation is 1. The zero-order chi connectivity index (χ0) is 18.7. The van der Waals surface area contributed by atoms with Gasteiger partial charge in [-0.3, -0.25) is 14.4 Å². The molecule has 10 heteroatoms. The van der Waals surface area contributed by atoms with Crippen molar-refractivity contribution in [2.24, 2.45) is 7.05 Å². The van der Waals surface area contributed by atoms with Gasteiger partial charge in [-0.15, -0.1) is 11.3 Å². The van der Waals surface area contributed by atoms with Crippen LogP contribution in [0.5, 0.6) is 0 Å². The van der Waals surface area contributed by atoms with Crippen LogP contribution in [0.4, 0.5) is 8.78 Å². The fourth-order valence-corrected chi connectivity index (χ4v) is 3.79. The molecule has 2 aromatic rings. The van der Waals surface area contributed by atoms with Gasteiger partial charge in [0.25, 0.3) is 5.91 Å². The number of alkyl halides is 2. The SMILES string of the molecule is Cn1nc(-c2ccc(C(=O)NCCN3CCOCC3)s2)cc1C(F)(F)S. The van der Waals surface area contributed by atoms with Crippen LogP contribution in [0.25, 0.3) is 10.6 Å². The van der Waals surface area contributed by atoms with Crippen LogP contribution in [0, 0.1) is 0 Å². The molecule has 0 unspecified atom stereocenters. The van der Waals surface area contributed by atoms with Gasteiger partial charge >= 0.3 is 5.25 Å². The van der Waals surface area contributed by atoms with E-state index >= 15 is 0 Å². The highest BCUT2D eigenvalue weighted by molar-refractivity contribution is 7.80. The topological polar surface area (TPSA) is 59.4 Å². The summed E-state index contributed by atoms with van der Waals surface area (Å²) in [7, 11) is 1.44. The third-order valence-corrected chi connectivity index (χ3v) is 5.42. The predicted molar refractivity (Wildman–Crippen MR) is 99.0 cm³/mol. The molecule has 6 nitrogen and oxygen atoms in total. The number of aromatic nitrogens is 2. The molecule has 1 saturated heterocycles. The van der Waals surface area contributed by atoms with E-state index in [1.165, 1.54) is 24.5 Å². The Morgan fingerprint density at radius 1 is 1.42 bits per heavy atom. The minimum atomic E-state index is -3.27. The maximum absolute atomic E-state index is 13.4. The Morgan fingerprint density at radius 2 is 2.15 bits per heavy atom. The number of thiophene rings is 1. The predicted octanol–water partition coefficient (Wildman–Crippen LogP) is 2.19. The zero-order valence-corrected chi connectivity index (χ0v) is 16.0. The Bertz CT molecular complexity index is 767. The summed E-state index contributed by atoms with van der Waals surface area (Å²) in [5.74, 6) is -0.176. The molecule has 26 heavy (non-hydrogen) atoms. The second-order valence-electron chi connectivity index (χ2n) is 5.95. The highest BCUT2D eigenvalue weighted by Crippen LogP contribution is 2.35. The van der Waals surface area contributed by atoms with Crippen molar-refractivity contribution >= 4 is 29.9 Å². The van der Waals surface area contributed by atoms with Crippen molar-refractivity contribution in [1.29, 1.82) is 0 Å². The first-order chi connectivity index (χ1) is 12.3. The first-order valence-corrected chi connectivity index (χ1v) is 9.44. The molecule has 2 aromatic heterocycles. The van der Waals surface area contributed by atoms with Gasteiger partial charge in [0.05, 0.1) is 23.0 Å². The Kier molecular flexibility index (Phi) is 5.96. The largest absolute Gasteiger partial charge is 0.379 e. The highest BCUT2D eigenvalue weighted by atomic mass is 32.1. The van der Waals surface area contributed by atoms with Crippen LogP contribution in [0.15, 0.2) is 18.2 Å². The Balaban J connectivity index is 1.59. The molecule has 0 aromatic carbocycles. The molecule has 0 bridgehead atoms. The van der Waals surface area contributed by atoms with Gasteiger partial charge in [-0.1, -0.05) is 12.6 Å². The molecule has 0 spiro atoms. The van der Waals surface area contributed by atoms with Crippen molar-refractivity contribution in [1.82, 2.24) is 20.0 Å². The molecule has 1 N–H and O–H groups in total. The Morgan fingerprint density at radius 3 is 2.81 bits per heavy atom. The summed E-state index contributed by atoms with van der Waals surface area (Å²) in [4.78, 5) is 15.7. The van der Waals surface area contributed by atoms with E-state index in [2.05, 4.69) is 27.9 Å². The van der Waals surface area contributed by atoms with Crippen LogP contribution in [-0.4, -0.2) is 60.0 Å². The number of nitrogens with one attached hydrogen (secondary N) is 1. The minimum Gasteiger partial charge on any atom is -0.379 e. The van der Waals surface area contributed by atoms with Crippen molar-refractivity contribution in [3.63, 3.8) is 0 Å². The number of ether oxygens (including phenoxy) is 1. The molecule has 1 fully saturated rings. The van der Waals surface area contributed by atoms with Gasteiger partial charge in [0.1, 0.15) is 11.4 Å². The number of nitrogens with zero attached hydrogens (tertiary/aromatic N) is 3. The molecular weight excluding hydrogens is 382 g/mol. The van der Waals surface area contributed by atoms with E-state index in [0.29, 0.717) is 22.0 Å². The van der Waals surface area contributed by atoms with E-state index in [0.717, 1.165) is 37.5 Å². The number of thiol groups is 1. The number of carbonyl (C=O) groups excluding carboxylic acids is 1. The second-order valence-corrected chi connectivity index (χ2v) is 7.60. The zero-order valence-electron chi connectivity index (χ0n) is 14.2. The Hall–Kier alpha value is -1.49. The fraction of sp³-hybridized carbons (Fsp3) is 0.500. The molecular formula is C16H20F2N4O2S2. The summed E-state index contributed by atoms with van der Waals surface area (Å²) in [6.45, 7) is 4.51. The van der Waals surface area contributed by atoms with Gasteiger partial charge in [-0.05, 0) is 18.2 Å². The van der Waals surface area contributed by atoms with Crippen LogP contribution < -0.4 is 5.32 Å². The smallest absolute Gasteiger partial charge is 0.332 e. The maximum Gasteiger partial charge on any atom is 0.332 e. The standard InChI is InChI=1S/C16H20F2N4O2S2/c1-21-14(16(17,18)25)10-11(20-21)12-2-3-13(26-12)15(23)19-4-5-22-6-8-24-9-7-22/h2-3,10,25H,4-9H2,1H3,(H,19,23). The number of rotatable bonds is 6. The molecule has 0 radical (unpaired) electrons. The molecule has 0 atom stereocenters. The van der Waals surface area contributed by atoms with Gasteiger partial charge < -0.3 is 10.1 Å². The highest BCUT2D eigenvalue weighted by Gasteiger charge is 2.31. The van der Waals surface area contributed by atoms with Crippen molar-refractivity contribution in [3.05, 3.63) is 28.8 Å². The third-order valence-electron chi connectivity index (χ3n) is 4.09. The summed E-state index contributed by atoms with van der Waals surface area (Å²) in [6, 6.07) is 4.68. The number of hydrogen-bond acceptors (Lipinski definition) is 6. The van der Waals surface area contributed by atoms with E-state index in [1.807, 2.05) is 0 Å².